The largest absolute Gasteiger partial charge is 0.286 e. The molecule has 3 heteroatoms. The van der Waals surface area contributed by atoms with Gasteiger partial charge in [0.2, 0.25) is 11.6 Å². The Morgan fingerprint density at radius 2 is 1.91 bits per heavy atom. The molecule has 0 heterocycles. The Bertz CT molecular complexity index is 297. The van der Waals surface area contributed by atoms with E-state index in [9.17, 15) is 9.59 Å². The molecular formula is C8H5ClO2. The molecule has 56 valence electrons. The van der Waals surface area contributed by atoms with Gasteiger partial charge in [-0.3, -0.25) is 9.59 Å². The lowest BCUT2D eigenvalue weighted by Gasteiger charge is -2.01. The molecule has 0 N–H and O–H groups in total. The topological polar surface area (TPSA) is 34.1 Å². The Labute approximate surface area is 68.8 Å². The van der Waals surface area contributed by atoms with Crippen LogP contribution in [0.2, 0.25) is 0 Å². The molecule has 0 atom stereocenters. The number of carbonyl (C=O) groups is 2. The van der Waals surface area contributed by atoms with Crippen molar-refractivity contribution in [2.75, 3.05) is 0 Å². The Kier molecular flexibility index (Phi) is 2.06. The average molecular weight is 169 g/mol. The van der Waals surface area contributed by atoms with Gasteiger partial charge in [-0.25, -0.2) is 0 Å². The highest BCUT2D eigenvalue weighted by molar-refractivity contribution is 6.47. The first kappa shape index (κ1) is 7.95. The van der Waals surface area contributed by atoms with Gasteiger partial charge in [0.1, 0.15) is 0 Å². The van der Waals surface area contributed by atoms with Gasteiger partial charge in [-0.05, 0) is 23.8 Å². The summed E-state index contributed by atoms with van der Waals surface area (Å²) in [6.07, 6.45) is 3.84. The minimum Gasteiger partial charge on any atom is -0.286 e. The predicted octanol–water partition coefficient (Wildman–Crippen LogP) is 1.37. The van der Waals surface area contributed by atoms with E-state index >= 15 is 0 Å². The summed E-state index contributed by atoms with van der Waals surface area (Å²) in [6, 6.07) is 0. The van der Waals surface area contributed by atoms with Gasteiger partial charge in [0.25, 0.3) is 0 Å². The monoisotopic (exact) mass is 168 g/mol. The van der Waals surface area contributed by atoms with Gasteiger partial charge in [-0.2, -0.15) is 0 Å². The van der Waals surface area contributed by atoms with E-state index in [-0.39, 0.29) is 5.03 Å². The Morgan fingerprint density at radius 1 is 1.27 bits per heavy atom. The summed E-state index contributed by atoms with van der Waals surface area (Å²) in [5, 5.41) is 0.266. The molecule has 2 nitrogen and oxygen atoms in total. The van der Waals surface area contributed by atoms with Gasteiger partial charge in [-0.15, -0.1) is 0 Å². The minimum absolute atomic E-state index is 0.266. The van der Waals surface area contributed by atoms with E-state index in [4.69, 9.17) is 11.6 Å². The van der Waals surface area contributed by atoms with Crippen molar-refractivity contribution in [3.63, 3.8) is 0 Å². The van der Waals surface area contributed by atoms with Gasteiger partial charge in [0, 0.05) is 5.03 Å². The fraction of sp³-hybridized carbons (Fsp3) is 0. The van der Waals surface area contributed by atoms with Crippen molar-refractivity contribution in [3.05, 3.63) is 35.4 Å². The third-order valence-electron chi connectivity index (χ3n) is 1.26. The lowest BCUT2D eigenvalue weighted by molar-refractivity contribution is -0.131. The molecule has 0 fully saturated rings. The van der Waals surface area contributed by atoms with Crippen molar-refractivity contribution < 1.29 is 9.59 Å². The molecule has 1 rings (SSSR count). The fourth-order valence-electron chi connectivity index (χ4n) is 0.677. The third kappa shape index (κ3) is 1.65. The Morgan fingerprint density at radius 3 is 2.36 bits per heavy atom. The third-order valence-corrected chi connectivity index (χ3v) is 1.48. The van der Waals surface area contributed by atoms with Crippen LogP contribution in [-0.2, 0) is 9.59 Å². The molecule has 0 aromatic rings. The molecule has 0 radical (unpaired) electrons. The van der Waals surface area contributed by atoms with E-state index in [0.29, 0.717) is 5.57 Å². The molecule has 0 aliphatic heterocycles. The van der Waals surface area contributed by atoms with Crippen LogP contribution in [0.5, 0.6) is 0 Å². The van der Waals surface area contributed by atoms with Crippen LogP contribution < -0.4 is 0 Å². The summed E-state index contributed by atoms with van der Waals surface area (Å²) < 4.78 is 0. The number of carbonyl (C=O) groups excluding carboxylic acids is 2. The van der Waals surface area contributed by atoms with Crippen LogP contribution in [0.15, 0.2) is 35.4 Å². The van der Waals surface area contributed by atoms with E-state index in [1.165, 1.54) is 18.2 Å². The highest BCUT2D eigenvalue weighted by Crippen LogP contribution is 2.16. The highest BCUT2D eigenvalue weighted by atomic mass is 35.5. The van der Waals surface area contributed by atoms with Crippen LogP contribution >= 0.6 is 11.6 Å². The number of hydrogen-bond donors (Lipinski definition) is 0. The number of rotatable bonds is 1. The molecule has 1 aliphatic carbocycles. The summed E-state index contributed by atoms with van der Waals surface area (Å²) in [7, 11) is 0. The molecule has 0 saturated heterocycles. The van der Waals surface area contributed by atoms with E-state index in [1.54, 1.807) is 0 Å². The lowest BCUT2D eigenvalue weighted by Crippen LogP contribution is -2.11. The zero-order valence-corrected chi connectivity index (χ0v) is 6.39. The zero-order valence-electron chi connectivity index (χ0n) is 5.63. The first-order chi connectivity index (χ1) is 5.11. The van der Waals surface area contributed by atoms with E-state index < -0.39 is 11.6 Å². The van der Waals surface area contributed by atoms with Gasteiger partial charge in [0.05, 0.1) is 0 Å². The minimum atomic E-state index is -0.552. The second-order valence-corrected chi connectivity index (χ2v) is 2.52. The van der Waals surface area contributed by atoms with Gasteiger partial charge < -0.3 is 0 Å². The average Bonchev–Trinajstić information content (AvgIpc) is 1.94. The van der Waals surface area contributed by atoms with Crippen molar-refractivity contribution in [1.82, 2.24) is 0 Å². The van der Waals surface area contributed by atoms with Crippen LogP contribution in [0.1, 0.15) is 0 Å². The highest BCUT2D eigenvalue weighted by Gasteiger charge is 2.13. The van der Waals surface area contributed by atoms with Crippen molar-refractivity contribution >= 4 is 23.2 Å². The molecular weight excluding hydrogens is 164 g/mol. The first-order valence-corrected chi connectivity index (χ1v) is 3.32. The molecule has 0 saturated carbocycles. The molecule has 0 bridgehead atoms. The second-order valence-electron chi connectivity index (χ2n) is 2.07. The summed E-state index contributed by atoms with van der Waals surface area (Å²) >= 11 is 5.49. The normalized spacial score (nSPS) is 16.6. The van der Waals surface area contributed by atoms with Crippen LogP contribution in [-0.4, -0.2) is 11.6 Å². The van der Waals surface area contributed by atoms with Crippen molar-refractivity contribution in [2.45, 2.75) is 0 Å². The maximum Gasteiger partial charge on any atom is 0.226 e. The fourth-order valence-corrected chi connectivity index (χ4v) is 0.794. The molecule has 0 aromatic carbocycles. The predicted molar refractivity (Wildman–Crippen MR) is 42.2 cm³/mol. The van der Waals surface area contributed by atoms with Gasteiger partial charge in [-0.1, -0.05) is 18.2 Å². The second kappa shape index (κ2) is 2.84. The van der Waals surface area contributed by atoms with Gasteiger partial charge >= 0.3 is 0 Å². The van der Waals surface area contributed by atoms with Crippen LogP contribution in [0.4, 0.5) is 0 Å². The standard InChI is InChI=1S/C8H5ClO2/c1-5(9)6-2-3-7(10)8(11)4-6/h2-4H,1H2. The van der Waals surface area contributed by atoms with Crippen LogP contribution in [0.3, 0.4) is 0 Å². The molecule has 11 heavy (non-hydrogen) atoms. The smallest absolute Gasteiger partial charge is 0.226 e. The molecule has 0 amide bonds. The zero-order chi connectivity index (χ0) is 8.43. The van der Waals surface area contributed by atoms with Crippen molar-refractivity contribution in [2.24, 2.45) is 0 Å². The first-order valence-electron chi connectivity index (χ1n) is 2.94. The summed E-state index contributed by atoms with van der Waals surface area (Å²) in [4.78, 5) is 21.3. The molecule has 1 aliphatic rings. The van der Waals surface area contributed by atoms with Crippen molar-refractivity contribution in [1.29, 1.82) is 0 Å². The SMILES string of the molecule is C=C(Cl)C1=CC(=O)C(=O)C=C1. The summed E-state index contributed by atoms with van der Waals surface area (Å²) in [5.74, 6) is -1.07. The van der Waals surface area contributed by atoms with E-state index in [0.717, 1.165) is 0 Å². The summed E-state index contributed by atoms with van der Waals surface area (Å²) in [5.41, 5.74) is 0.497. The van der Waals surface area contributed by atoms with Crippen molar-refractivity contribution in [3.8, 4) is 0 Å². The quantitative estimate of drug-likeness (QED) is 0.438. The van der Waals surface area contributed by atoms with Crippen LogP contribution in [0, 0.1) is 0 Å². The number of ketones is 2. The molecule has 0 spiro atoms. The van der Waals surface area contributed by atoms with Crippen LogP contribution in [0.25, 0.3) is 0 Å². The Balaban J connectivity index is 2.98. The maximum atomic E-state index is 10.7. The van der Waals surface area contributed by atoms with Gasteiger partial charge in [0.15, 0.2) is 0 Å². The molecule has 0 aromatic heterocycles. The molecule has 0 unspecified atom stereocenters. The summed E-state index contributed by atoms with van der Waals surface area (Å²) in [6.45, 7) is 3.42. The Hall–Kier alpha value is -1.15. The number of hydrogen-bond acceptors (Lipinski definition) is 2. The van der Waals surface area contributed by atoms with E-state index in [2.05, 4.69) is 6.58 Å². The maximum absolute atomic E-state index is 10.7. The number of allylic oxidation sites excluding steroid dienone is 5. The lowest BCUT2D eigenvalue weighted by atomic mass is 10.1. The van der Waals surface area contributed by atoms with E-state index in [1.807, 2.05) is 0 Å². The number of halogens is 1.